The van der Waals surface area contributed by atoms with Crippen molar-refractivity contribution in [1.82, 2.24) is 0 Å². The molecule has 0 bridgehead atoms. The second-order valence-corrected chi connectivity index (χ2v) is 6.20. The molecular weight excluding hydrogens is 218 g/mol. The molecule has 0 aromatic rings. The van der Waals surface area contributed by atoms with E-state index in [2.05, 4.69) is 0 Å². The van der Waals surface area contributed by atoms with Crippen molar-refractivity contribution in [3.63, 3.8) is 0 Å². The second-order valence-electron chi connectivity index (χ2n) is 3.73. The van der Waals surface area contributed by atoms with Crippen molar-refractivity contribution in [2.24, 2.45) is 11.1 Å². The number of hydrogen-bond donors (Lipinski definition) is 1. The first-order valence-electron chi connectivity index (χ1n) is 5.03. The molecule has 0 aromatic heterocycles. The molecule has 0 heterocycles. The molecule has 15 heavy (non-hydrogen) atoms. The van der Waals surface area contributed by atoms with Gasteiger partial charge in [0.15, 0.2) is 9.84 Å². The van der Waals surface area contributed by atoms with Crippen LogP contribution in [0, 0.1) is 5.41 Å². The molecule has 0 radical (unpaired) electrons. The molecule has 0 amide bonds. The Morgan fingerprint density at radius 3 is 2.53 bits per heavy atom. The number of sulfone groups is 1. The molecule has 0 unspecified atom stereocenters. The van der Waals surface area contributed by atoms with E-state index in [4.69, 9.17) is 10.5 Å². The lowest BCUT2D eigenvalue weighted by atomic mass is 10.1. The number of hydrogen-bond acceptors (Lipinski definition) is 5. The van der Waals surface area contributed by atoms with Crippen molar-refractivity contribution in [1.29, 1.82) is 0 Å². The molecule has 0 aliphatic heterocycles. The van der Waals surface area contributed by atoms with E-state index in [0.29, 0.717) is 6.42 Å². The predicted molar refractivity (Wildman–Crippen MR) is 56.0 cm³/mol. The van der Waals surface area contributed by atoms with Gasteiger partial charge in [-0.15, -0.1) is 0 Å². The highest BCUT2D eigenvalue weighted by Crippen LogP contribution is 2.51. The third kappa shape index (κ3) is 2.01. The van der Waals surface area contributed by atoms with Gasteiger partial charge >= 0.3 is 5.97 Å². The van der Waals surface area contributed by atoms with Crippen LogP contribution in [0.25, 0.3) is 0 Å². The Balaban J connectivity index is 2.82. The zero-order valence-corrected chi connectivity index (χ0v) is 9.84. The van der Waals surface area contributed by atoms with Crippen LogP contribution in [0.3, 0.4) is 0 Å². The Morgan fingerprint density at radius 1 is 1.53 bits per heavy atom. The molecule has 1 fully saturated rings. The van der Waals surface area contributed by atoms with Gasteiger partial charge in [0.25, 0.3) is 0 Å². The van der Waals surface area contributed by atoms with Crippen molar-refractivity contribution >= 4 is 15.8 Å². The van der Waals surface area contributed by atoms with Crippen LogP contribution < -0.4 is 5.73 Å². The van der Waals surface area contributed by atoms with E-state index in [1.54, 1.807) is 13.8 Å². The topological polar surface area (TPSA) is 86.5 Å². The van der Waals surface area contributed by atoms with Crippen molar-refractivity contribution < 1.29 is 17.9 Å². The van der Waals surface area contributed by atoms with Crippen LogP contribution in [-0.2, 0) is 19.4 Å². The van der Waals surface area contributed by atoms with Crippen molar-refractivity contribution in [3.05, 3.63) is 0 Å². The van der Waals surface area contributed by atoms with Crippen molar-refractivity contribution in [2.45, 2.75) is 25.5 Å². The minimum atomic E-state index is -3.19. The summed E-state index contributed by atoms with van der Waals surface area (Å²) in [7, 11) is -3.19. The van der Waals surface area contributed by atoms with Gasteiger partial charge in [0.1, 0.15) is 0 Å². The molecule has 5 nitrogen and oxygen atoms in total. The van der Waals surface area contributed by atoms with E-state index >= 15 is 0 Å². The van der Waals surface area contributed by atoms with E-state index in [1.165, 1.54) is 0 Å². The van der Waals surface area contributed by atoms with Gasteiger partial charge in [0.2, 0.25) is 0 Å². The first kappa shape index (κ1) is 12.4. The first-order valence-corrected chi connectivity index (χ1v) is 6.75. The number of esters is 1. The fraction of sp³-hybridized carbons (Fsp3) is 0.889. The number of ether oxygens (including phenoxy) is 1. The number of carbonyl (C=O) groups excluding carboxylic acids is 1. The van der Waals surface area contributed by atoms with Crippen LogP contribution in [0.1, 0.15) is 20.3 Å². The highest BCUT2D eigenvalue weighted by atomic mass is 32.2. The van der Waals surface area contributed by atoms with Gasteiger partial charge in [-0.2, -0.15) is 0 Å². The maximum absolute atomic E-state index is 11.6. The Morgan fingerprint density at radius 2 is 2.13 bits per heavy atom. The van der Waals surface area contributed by atoms with Crippen LogP contribution in [0.2, 0.25) is 0 Å². The Labute approximate surface area is 89.9 Å². The summed E-state index contributed by atoms with van der Waals surface area (Å²) in [4.78, 5) is 11.6. The SMILES string of the molecule is CCOC(=O)[C@]1(CN)C[C@@H]1S(=O)(=O)CC. The minimum Gasteiger partial charge on any atom is -0.465 e. The molecule has 2 N–H and O–H groups in total. The summed E-state index contributed by atoms with van der Waals surface area (Å²) in [5, 5.41) is -0.640. The molecule has 0 saturated heterocycles. The predicted octanol–water partition coefficient (Wildman–Crippen LogP) is -0.298. The fourth-order valence-electron chi connectivity index (χ4n) is 1.73. The van der Waals surface area contributed by atoms with Gasteiger partial charge in [-0.05, 0) is 13.3 Å². The van der Waals surface area contributed by atoms with E-state index < -0.39 is 26.5 Å². The normalized spacial score (nSPS) is 29.9. The largest absolute Gasteiger partial charge is 0.465 e. The molecule has 6 heteroatoms. The second kappa shape index (κ2) is 4.09. The number of rotatable bonds is 5. The number of nitrogens with two attached hydrogens (primary N) is 1. The summed E-state index contributed by atoms with van der Waals surface area (Å²) >= 11 is 0. The lowest BCUT2D eigenvalue weighted by Crippen LogP contribution is -2.33. The Hall–Kier alpha value is -0.620. The van der Waals surface area contributed by atoms with Crippen LogP contribution in [-0.4, -0.2) is 38.5 Å². The molecule has 1 aliphatic rings. The monoisotopic (exact) mass is 235 g/mol. The van der Waals surface area contributed by atoms with E-state index in [0.717, 1.165) is 0 Å². The van der Waals surface area contributed by atoms with Crippen molar-refractivity contribution in [3.8, 4) is 0 Å². The molecule has 0 aromatic carbocycles. The Bertz CT molecular complexity index is 351. The van der Waals surface area contributed by atoms with Crippen molar-refractivity contribution in [2.75, 3.05) is 18.9 Å². The fourth-order valence-corrected chi connectivity index (χ4v) is 3.57. The van der Waals surface area contributed by atoms with Crippen LogP contribution in [0.5, 0.6) is 0 Å². The minimum absolute atomic E-state index is 0.0374. The number of carbonyl (C=O) groups is 1. The quantitative estimate of drug-likeness (QED) is 0.661. The van der Waals surface area contributed by atoms with Gasteiger partial charge in [0, 0.05) is 12.3 Å². The maximum Gasteiger partial charge on any atom is 0.314 e. The summed E-state index contributed by atoms with van der Waals surface area (Å²) < 4.78 is 28.0. The summed E-state index contributed by atoms with van der Waals surface area (Å²) in [6.45, 7) is 3.54. The zero-order valence-electron chi connectivity index (χ0n) is 9.02. The van der Waals surface area contributed by atoms with E-state index in [1.807, 2.05) is 0 Å². The van der Waals surface area contributed by atoms with E-state index in [9.17, 15) is 13.2 Å². The highest BCUT2D eigenvalue weighted by molar-refractivity contribution is 7.92. The highest BCUT2D eigenvalue weighted by Gasteiger charge is 2.65. The summed E-state index contributed by atoms with van der Waals surface area (Å²) in [5.74, 6) is -0.437. The van der Waals surface area contributed by atoms with Crippen LogP contribution in [0.15, 0.2) is 0 Å². The summed E-state index contributed by atoms with van der Waals surface area (Å²) in [6.07, 6.45) is 0.304. The molecule has 1 rings (SSSR count). The third-order valence-electron chi connectivity index (χ3n) is 2.89. The molecule has 88 valence electrons. The van der Waals surface area contributed by atoms with Crippen LogP contribution in [0.4, 0.5) is 0 Å². The van der Waals surface area contributed by atoms with Gasteiger partial charge in [-0.25, -0.2) is 8.42 Å². The first-order chi connectivity index (χ1) is 6.94. The van der Waals surface area contributed by atoms with Gasteiger partial charge in [-0.1, -0.05) is 6.92 Å². The lowest BCUT2D eigenvalue weighted by molar-refractivity contribution is -0.149. The lowest BCUT2D eigenvalue weighted by Gasteiger charge is -2.12. The zero-order chi connectivity index (χ0) is 11.7. The molecule has 0 spiro atoms. The summed E-state index contributed by atoms with van der Waals surface area (Å²) in [5.41, 5.74) is 4.51. The van der Waals surface area contributed by atoms with Crippen LogP contribution >= 0.6 is 0 Å². The molecule has 2 atom stereocenters. The van der Waals surface area contributed by atoms with Gasteiger partial charge in [-0.3, -0.25) is 4.79 Å². The average molecular weight is 235 g/mol. The standard InChI is InChI=1S/C9H17NO4S/c1-3-14-8(11)9(6-10)5-7(9)15(12,13)4-2/h7H,3-6,10H2,1-2H3/t7-,9-/m0/s1. The van der Waals surface area contributed by atoms with Gasteiger partial charge < -0.3 is 10.5 Å². The summed E-state index contributed by atoms with van der Waals surface area (Å²) in [6, 6.07) is 0. The third-order valence-corrected chi connectivity index (χ3v) is 5.18. The molecular formula is C9H17NO4S. The maximum atomic E-state index is 11.6. The molecule has 1 saturated carbocycles. The molecule has 1 aliphatic carbocycles. The Kier molecular flexibility index (Phi) is 3.40. The van der Waals surface area contributed by atoms with E-state index in [-0.39, 0.29) is 18.9 Å². The average Bonchev–Trinajstić information content (AvgIpc) is 2.95. The smallest absolute Gasteiger partial charge is 0.314 e. The van der Waals surface area contributed by atoms with Gasteiger partial charge in [0.05, 0.1) is 17.3 Å².